The maximum absolute atomic E-state index is 11.9. The van der Waals surface area contributed by atoms with E-state index < -0.39 is 0 Å². The second-order valence-electron chi connectivity index (χ2n) is 4.84. The molecule has 116 valence electrons. The van der Waals surface area contributed by atoms with Crippen LogP contribution >= 0.6 is 11.6 Å². The normalized spacial score (nSPS) is 10.1. The fraction of sp³-hybridized carbons (Fsp3) is 0.235. The van der Waals surface area contributed by atoms with Crippen LogP contribution in [0.25, 0.3) is 0 Å². The van der Waals surface area contributed by atoms with Gasteiger partial charge in [-0.05, 0) is 42.7 Å². The van der Waals surface area contributed by atoms with Crippen LogP contribution in [-0.2, 0) is 6.42 Å². The van der Waals surface area contributed by atoms with E-state index in [0.717, 1.165) is 23.3 Å². The highest BCUT2D eigenvalue weighted by atomic mass is 35.5. The second kappa shape index (κ2) is 7.71. The van der Waals surface area contributed by atoms with E-state index in [-0.39, 0.29) is 12.8 Å². The van der Waals surface area contributed by atoms with Gasteiger partial charge in [0.05, 0.1) is 0 Å². The van der Waals surface area contributed by atoms with Gasteiger partial charge < -0.3 is 15.4 Å². The first-order valence-electron chi connectivity index (χ1n) is 7.12. The van der Waals surface area contributed by atoms with Crippen molar-refractivity contribution in [1.82, 2.24) is 5.32 Å². The van der Waals surface area contributed by atoms with Gasteiger partial charge in [-0.25, -0.2) is 4.79 Å². The number of benzene rings is 2. The van der Waals surface area contributed by atoms with Crippen molar-refractivity contribution in [2.45, 2.75) is 20.3 Å². The molecule has 2 N–H and O–H groups in total. The van der Waals surface area contributed by atoms with Gasteiger partial charge >= 0.3 is 6.03 Å². The molecular formula is C17H19ClN2O2. The van der Waals surface area contributed by atoms with E-state index in [9.17, 15) is 4.79 Å². The van der Waals surface area contributed by atoms with Gasteiger partial charge in [-0.2, -0.15) is 0 Å². The third kappa shape index (κ3) is 4.40. The molecule has 0 saturated heterocycles. The van der Waals surface area contributed by atoms with E-state index in [2.05, 4.69) is 17.6 Å². The molecule has 0 atom stereocenters. The van der Waals surface area contributed by atoms with Crippen LogP contribution in [0.1, 0.15) is 18.1 Å². The smallest absolute Gasteiger partial charge is 0.321 e. The summed E-state index contributed by atoms with van der Waals surface area (Å²) in [6.45, 7) is 4.06. The van der Waals surface area contributed by atoms with Gasteiger partial charge in [-0.3, -0.25) is 0 Å². The Morgan fingerprint density at radius 1 is 1.23 bits per heavy atom. The largest absolute Gasteiger partial charge is 0.473 e. The Morgan fingerprint density at radius 2 is 2.00 bits per heavy atom. The van der Waals surface area contributed by atoms with Crippen molar-refractivity contribution >= 4 is 23.3 Å². The van der Waals surface area contributed by atoms with Crippen molar-refractivity contribution in [3.05, 3.63) is 58.6 Å². The summed E-state index contributed by atoms with van der Waals surface area (Å²) in [7, 11) is 0. The van der Waals surface area contributed by atoms with Crippen LogP contribution in [0, 0.1) is 6.92 Å². The van der Waals surface area contributed by atoms with E-state index in [4.69, 9.17) is 16.3 Å². The number of nitrogens with one attached hydrogen (secondary N) is 2. The summed E-state index contributed by atoms with van der Waals surface area (Å²) in [6, 6.07) is 12.8. The van der Waals surface area contributed by atoms with Gasteiger partial charge in [0, 0.05) is 10.7 Å². The molecule has 2 amide bonds. The Balaban J connectivity index is 1.87. The van der Waals surface area contributed by atoms with Crippen molar-refractivity contribution in [2.75, 3.05) is 12.0 Å². The lowest BCUT2D eigenvalue weighted by molar-refractivity contribution is 0.234. The van der Waals surface area contributed by atoms with E-state index in [1.807, 2.05) is 37.3 Å². The molecule has 0 aliphatic carbocycles. The van der Waals surface area contributed by atoms with Crippen LogP contribution in [0.5, 0.6) is 5.75 Å². The maximum Gasteiger partial charge on any atom is 0.321 e. The van der Waals surface area contributed by atoms with Crippen LogP contribution in [0.2, 0.25) is 5.02 Å². The lowest BCUT2D eigenvalue weighted by Gasteiger charge is -2.13. The number of ether oxygens (including phenoxy) is 1. The summed E-state index contributed by atoms with van der Waals surface area (Å²) in [4.78, 5) is 11.9. The first kappa shape index (κ1) is 16.2. The number of amides is 2. The molecule has 0 aliphatic heterocycles. The second-order valence-corrected chi connectivity index (χ2v) is 5.28. The average Bonchev–Trinajstić information content (AvgIpc) is 2.51. The van der Waals surface area contributed by atoms with Crippen molar-refractivity contribution in [2.24, 2.45) is 0 Å². The van der Waals surface area contributed by atoms with Gasteiger partial charge in [0.2, 0.25) is 0 Å². The lowest BCUT2D eigenvalue weighted by Crippen LogP contribution is -2.32. The number of rotatable bonds is 5. The minimum Gasteiger partial charge on any atom is -0.473 e. The predicted octanol–water partition coefficient (Wildman–Crippen LogP) is 4.37. The highest BCUT2D eigenvalue weighted by molar-refractivity contribution is 6.31. The first-order chi connectivity index (χ1) is 10.6. The summed E-state index contributed by atoms with van der Waals surface area (Å²) in [5.41, 5.74) is 2.73. The summed E-state index contributed by atoms with van der Waals surface area (Å²) in [6.07, 6.45) is 0.879. The number of hydrogen-bond donors (Lipinski definition) is 2. The Morgan fingerprint density at radius 3 is 2.77 bits per heavy atom. The fourth-order valence-corrected chi connectivity index (χ4v) is 2.18. The van der Waals surface area contributed by atoms with Crippen molar-refractivity contribution in [3.8, 4) is 5.75 Å². The van der Waals surface area contributed by atoms with E-state index in [0.29, 0.717) is 10.7 Å². The number of hydrogen-bond acceptors (Lipinski definition) is 2. The van der Waals surface area contributed by atoms with Crippen molar-refractivity contribution in [1.29, 1.82) is 0 Å². The topological polar surface area (TPSA) is 50.4 Å². The number of para-hydroxylation sites is 1. The minimum absolute atomic E-state index is 0.0997. The molecule has 0 heterocycles. The summed E-state index contributed by atoms with van der Waals surface area (Å²) in [5.74, 6) is 0.782. The molecule has 2 aromatic rings. The highest BCUT2D eigenvalue weighted by Gasteiger charge is 2.06. The fourth-order valence-electron chi connectivity index (χ4n) is 2.01. The van der Waals surface area contributed by atoms with Crippen LogP contribution < -0.4 is 15.4 Å². The molecular weight excluding hydrogens is 300 g/mol. The first-order valence-corrected chi connectivity index (χ1v) is 7.49. The zero-order chi connectivity index (χ0) is 15.9. The summed E-state index contributed by atoms with van der Waals surface area (Å²) < 4.78 is 5.59. The lowest BCUT2D eigenvalue weighted by atomic mass is 10.1. The zero-order valence-electron chi connectivity index (χ0n) is 12.7. The number of anilines is 1. The standard InChI is InChI=1S/C17H19ClN2O2/c1-3-13-6-4-5-7-16(13)22-11-19-17(21)20-15-10-14(18)9-8-12(15)2/h4-10H,3,11H2,1-2H3,(H2,19,20,21). The van der Waals surface area contributed by atoms with Gasteiger partial charge in [-0.15, -0.1) is 0 Å². The van der Waals surface area contributed by atoms with E-state index >= 15 is 0 Å². The van der Waals surface area contributed by atoms with Crippen molar-refractivity contribution in [3.63, 3.8) is 0 Å². The van der Waals surface area contributed by atoms with Crippen LogP contribution in [-0.4, -0.2) is 12.8 Å². The Hall–Kier alpha value is -2.20. The maximum atomic E-state index is 11.9. The Labute approximate surface area is 135 Å². The summed E-state index contributed by atoms with van der Waals surface area (Å²) in [5, 5.41) is 5.99. The van der Waals surface area contributed by atoms with Gasteiger partial charge in [0.15, 0.2) is 6.73 Å². The Bertz CT molecular complexity index is 659. The molecule has 0 radical (unpaired) electrons. The third-order valence-electron chi connectivity index (χ3n) is 3.26. The molecule has 0 aromatic heterocycles. The van der Waals surface area contributed by atoms with Crippen LogP contribution in [0.3, 0.4) is 0 Å². The molecule has 2 aromatic carbocycles. The molecule has 4 nitrogen and oxygen atoms in total. The monoisotopic (exact) mass is 318 g/mol. The van der Waals surface area contributed by atoms with E-state index in [1.165, 1.54) is 0 Å². The molecule has 0 spiro atoms. The van der Waals surface area contributed by atoms with E-state index in [1.54, 1.807) is 12.1 Å². The molecule has 0 bridgehead atoms. The number of carbonyl (C=O) groups excluding carboxylic acids is 1. The van der Waals surface area contributed by atoms with Crippen LogP contribution in [0.15, 0.2) is 42.5 Å². The number of halogens is 1. The van der Waals surface area contributed by atoms with Gasteiger partial charge in [0.1, 0.15) is 5.75 Å². The predicted molar refractivity (Wildman–Crippen MR) is 89.7 cm³/mol. The molecule has 5 heteroatoms. The van der Waals surface area contributed by atoms with Gasteiger partial charge in [-0.1, -0.05) is 42.8 Å². The highest BCUT2D eigenvalue weighted by Crippen LogP contribution is 2.20. The molecule has 0 aliphatic rings. The molecule has 22 heavy (non-hydrogen) atoms. The third-order valence-corrected chi connectivity index (χ3v) is 3.50. The Kier molecular flexibility index (Phi) is 5.67. The number of aryl methyl sites for hydroxylation is 2. The van der Waals surface area contributed by atoms with Crippen LogP contribution in [0.4, 0.5) is 10.5 Å². The SMILES string of the molecule is CCc1ccccc1OCNC(=O)Nc1cc(Cl)ccc1C. The average molecular weight is 319 g/mol. The van der Waals surface area contributed by atoms with Gasteiger partial charge in [0.25, 0.3) is 0 Å². The molecule has 0 unspecified atom stereocenters. The quantitative estimate of drug-likeness (QED) is 0.804. The zero-order valence-corrected chi connectivity index (χ0v) is 13.4. The molecule has 0 fully saturated rings. The molecule has 0 saturated carbocycles. The van der Waals surface area contributed by atoms with Crippen molar-refractivity contribution < 1.29 is 9.53 Å². The minimum atomic E-state index is -0.334. The number of carbonyl (C=O) groups is 1. The molecule has 2 rings (SSSR count). The summed E-state index contributed by atoms with van der Waals surface area (Å²) >= 11 is 5.92. The number of urea groups is 1.